The van der Waals surface area contributed by atoms with Gasteiger partial charge in [0.2, 0.25) is 0 Å². The smallest absolute Gasteiger partial charge is 0.119 e. The third-order valence-corrected chi connectivity index (χ3v) is 5.10. The van der Waals surface area contributed by atoms with E-state index in [1.165, 1.54) is 0 Å². The maximum Gasteiger partial charge on any atom is 0.119 e. The average Bonchev–Trinajstić information content (AvgIpc) is 2.47. The number of hydrogen-bond acceptors (Lipinski definition) is 3. The van der Waals surface area contributed by atoms with Crippen LogP contribution in [0.3, 0.4) is 0 Å². The Morgan fingerprint density at radius 2 is 1.76 bits per heavy atom. The molecule has 6 heteroatoms. The van der Waals surface area contributed by atoms with Crippen molar-refractivity contribution in [1.29, 1.82) is 0 Å². The molecule has 2 N–H and O–H groups in total. The van der Waals surface area contributed by atoms with Crippen molar-refractivity contribution in [3.05, 3.63) is 58.1 Å². The van der Waals surface area contributed by atoms with E-state index in [-0.39, 0.29) is 0 Å². The largest absolute Gasteiger partial charge is 0.493 e. The van der Waals surface area contributed by atoms with Gasteiger partial charge in [-0.25, -0.2) is 0 Å². The molecular weight excluding hydrogens is 329 g/mol. The lowest BCUT2D eigenvalue weighted by molar-refractivity contribution is 0.342. The van der Waals surface area contributed by atoms with Gasteiger partial charge in [0.05, 0.1) is 31.5 Å². The Labute approximate surface area is 136 Å². The first-order valence-electron chi connectivity index (χ1n) is 6.36. The first kappa shape index (κ1) is 16.3. The Morgan fingerprint density at radius 3 is 2.43 bits per heavy atom. The van der Waals surface area contributed by atoms with Crippen molar-refractivity contribution in [1.82, 2.24) is 0 Å². The van der Waals surface area contributed by atoms with Gasteiger partial charge in [0, 0.05) is 6.54 Å². The number of nitrogens with two attached hydrogens (primary N) is 1. The molecule has 0 amide bonds. The van der Waals surface area contributed by atoms with E-state index >= 15 is 0 Å². The molecule has 0 aliphatic rings. The van der Waals surface area contributed by atoms with Gasteiger partial charge in [-0.15, -0.1) is 0 Å². The van der Waals surface area contributed by atoms with Crippen molar-refractivity contribution >= 4 is 34.0 Å². The second kappa shape index (κ2) is 7.80. The number of rotatable bonds is 6. The van der Waals surface area contributed by atoms with Gasteiger partial charge >= 0.3 is 0 Å². The third kappa shape index (κ3) is 4.45. The summed E-state index contributed by atoms with van der Waals surface area (Å²) in [5.74, 6) is 1.02. The summed E-state index contributed by atoms with van der Waals surface area (Å²) in [4.78, 5) is 0.458. The third-order valence-electron chi connectivity index (χ3n) is 2.82. The van der Waals surface area contributed by atoms with Crippen molar-refractivity contribution in [2.45, 2.75) is 11.4 Å². The van der Waals surface area contributed by atoms with Crippen LogP contribution >= 0.6 is 23.2 Å². The van der Waals surface area contributed by atoms with Crippen molar-refractivity contribution in [2.24, 2.45) is 5.73 Å². The zero-order chi connectivity index (χ0) is 15.2. The fraction of sp³-hybridized carbons (Fsp3) is 0.200. The van der Waals surface area contributed by atoms with Gasteiger partial charge in [0.1, 0.15) is 12.4 Å². The van der Waals surface area contributed by atoms with E-state index < -0.39 is 10.8 Å². The summed E-state index contributed by atoms with van der Waals surface area (Å²) in [6.07, 6.45) is 0. The Hall–Kier alpha value is -1.07. The molecule has 112 valence electrons. The van der Waals surface area contributed by atoms with E-state index in [1.54, 1.807) is 18.2 Å². The van der Waals surface area contributed by atoms with Gasteiger partial charge in [0.25, 0.3) is 0 Å². The predicted octanol–water partition coefficient (Wildman–Crippen LogP) is 3.64. The molecule has 2 aromatic rings. The fourth-order valence-corrected chi connectivity index (χ4v) is 3.72. The standard InChI is InChI=1S/C15H15Cl2NO2S/c16-13-5-2-6-14(17)15(13)21(19)8-7-20-12-4-1-3-11(9-12)10-18/h1-6,9H,7-8,10,18H2. The minimum absolute atomic E-state index is 0.308. The van der Waals surface area contributed by atoms with Gasteiger partial charge in [-0.3, -0.25) is 4.21 Å². The molecule has 0 heterocycles. The molecule has 0 spiro atoms. The number of benzene rings is 2. The van der Waals surface area contributed by atoms with Gasteiger partial charge in [-0.2, -0.15) is 0 Å². The maximum absolute atomic E-state index is 12.2. The SMILES string of the molecule is NCc1cccc(OCCS(=O)c2c(Cl)cccc2Cl)c1. The monoisotopic (exact) mass is 343 g/mol. The Balaban J connectivity index is 1.95. The van der Waals surface area contributed by atoms with Crippen LogP contribution in [0, 0.1) is 0 Å². The molecule has 0 saturated heterocycles. The molecule has 0 saturated carbocycles. The van der Waals surface area contributed by atoms with Gasteiger partial charge in [0.15, 0.2) is 0 Å². The van der Waals surface area contributed by atoms with E-state index in [0.717, 1.165) is 5.56 Å². The second-order valence-electron chi connectivity index (χ2n) is 4.30. The Bertz CT molecular complexity index is 629. The first-order chi connectivity index (χ1) is 10.1. The molecule has 2 rings (SSSR count). The Kier molecular flexibility index (Phi) is 6.06. The van der Waals surface area contributed by atoms with Crippen LogP contribution in [0.4, 0.5) is 0 Å². The topological polar surface area (TPSA) is 52.3 Å². The van der Waals surface area contributed by atoms with Crippen LogP contribution in [-0.4, -0.2) is 16.6 Å². The average molecular weight is 344 g/mol. The summed E-state index contributed by atoms with van der Waals surface area (Å²) in [6.45, 7) is 0.764. The molecule has 0 aromatic heterocycles. The molecular formula is C15H15Cl2NO2S. The Morgan fingerprint density at radius 1 is 1.10 bits per heavy atom. The number of halogens is 2. The van der Waals surface area contributed by atoms with E-state index in [4.69, 9.17) is 33.7 Å². The molecule has 0 radical (unpaired) electrons. The molecule has 21 heavy (non-hydrogen) atoms. The van der Waals surface area contributed by atoms with Gasteiger partial charge in [-0.05, 0) is 29.8 Å². The highest BCUT2D eigenvalue weighted by Crippen LogP contribution is 2.27. The lowest BCUT2D eigenvalue weighted by atomic mass is 10.2. The summed E-state index contributed by atoms with van der Waals surface area (Å²) in [5, 5.41) is 0.817. The minimum atomic E-state index is -1.30. The van der Waals surface area contributed by atoms with Crippen molar-refractivity contribution in [2.75, 3.05) is 12.4 Å². The van der Waals surface area contributed by atoms with Gasteiger partial charge < -0.3 is 10.5 Å². The highest BCUT2D eigenvalue weighted by molar-refractivity contribution is 7.85. The molecule has 0 bridgehead atoms. The number of hydrogen-bond donors (Lipinski definition) is 1. The van der Waals surface area contributed by atoms with Crippen LogP contribution in [0.2, 0.25) is 10.0 Å². The highest BCUT2D eigenvalue weighted by atomic mass is 35.5. The normalized spacial score (nSPS) is 12.1. The quantitative estimate of drug-likeness (QED) is 0.870. The fourth-order valence-electron chi connectivity index (χ4n) is 1.80. The molecule has 0 aliphatic carbocycles. The van der Waals surface area contributed by atoms with Crippen LogP contribution in [-0.2, 0) is 17.3 Å². The molecule has 3 nitrogen and oxygen atoms in total. The van der Waals surface area contributed by atoms with E-state index in [0.29, 0.717) is 39.6 Å². The zero-order valence-electron chi connectivity index (χ0n) is 11.2. The first-order valence-corrected chi connectivity index (χ1v) is 8.43. The second-order valence-corrected chi connectivity index (χ2v) is 6.62. The molecule has 0 aliphatic heterocycles. The molecule has 1 unspecified atom stereocenters. The van der Waals surface area contributed by atoms with Crippen LogP contribution in [0.25, 0.3) is 0 Å². The molecule has 2 aromatic carbocycles. The predicted molar refractivity (Wildman–Crippen MR) is 87.6 cm³/mol. The summed E-state index contributed by atoms with van der Waals surface area (Å²) in [6, 6.07) is 12.6. The zero-order valence-corrected chi connectivity index (χ0v) is 13.5. The van der Waals surface area contributed by atoms with E-state index in [2.05, 4.69) is 0 Å². The van der Waals surface area contributed by atoms with Crippen LogP contribution in [0.1, 0.15) is 5.56 Å². The van der Waals surface area contributed by atoms with Crippen LogP contribution in [0.15, 0.2) is 47.4 Å². The van der Waals surface area contributed by atoms with Crippen LogP contribution < -0.4 is 10.5 Å². The number of ether oxygens (including phenoxy) is 1. The summed E-state index contributed by atoms with van der Waals surface area (Å²) in [7, 11) is -1.30. The molecule has 0 fully saturated rings. The van der Waals surface area contributed by atoms with Crippen molar-refractivity contribution in [3.63, 3.8) is 0 Å². The summed E-state index contributed by atoms with van der Waals surface area (Å²) >= 11 is 12.1. The molecule has 1 atom stereocenters. The highest BCUT2D eigenvalue weighted by Gasteiger charge is 2.13. The van der Waals surface area contributed by atoms with E-state index in [1.807, 2.05) is 24.3 Å². The maximum atomic E-state index is 12.2. The lowest BCUT2D eigenvalue weighted by Gasteiger charge is -2.09. The lowest BCUT2D eigenvalue weighted by Crippen LogP contribution is -2.09. The van der Waals surface area contributed by atoms with Gasteiger partial charge in [-0.1, -0.05) is 41.4 Å². The van der Waals surface area contributed by atoms with Crippen molar-refractivity contribution < 1.29 is 8.95 Å². The summed E-state index contributed by atoms with van der Waals surface area (Å²) < 4.78 is 17.8. The van der Waals surface area contributed by atoms with E-state index in [9.17, 15) is 4.21 Å². The summed E-state index contributed by atoms with van der Waals surface area (Å²) in [5.41, 5.74) is 6.56. The van der Waals surface area contributed by atoms with Crippen LogP contribution in [0.5, 0.6) is 5.75 Å². The van der Waals surface area contributed by atoms with Crippen molar-refractivity contribution in [3.8, 4) is 5.75 Å². The minimum Gasteiger partial charge on any atom is -0.493 e.